The average molecular weight is 262 g/mol. The van der Waals surface area contributed by atoms with E-state index in [1.165, 1.54) is 0 Å². The largest absolute Gasteiger partial charge is 0.361 e. The summed E-state index contributed by atoms with van der Waals surface area (Å²) in [6, 6.07) is 0.0714. The molecule has 92 valence electrons. The average Bonchev–Trinajstić information content (AvgIpc) is 2.73. The Bertz CT molecular complexity index is 390. The van der Waals surface area contributed by atoms with Gasteiger partial charge in [0.2, 0.25) is 0 Å². The molecule has 4 nitrogen and oxygen atoms in total. The Morgan fingerprint density at radius 2 is 2.25 bits per heavy atom. The van der Waals surface area contributed by atoms with E-state index in [9.17, 15) is 8.42 Å². The van der Waals surface area contributed by atoms with Crippen molar-refractivity contribution in [2.75, 3.05) is 18.1 Å². The molecule has 0 radical (unpaired) electrons. The van der Waals surface area contributed by atoms with Gasteiger partial charge < -0.3 is 5.32 Å². The van der Waals surface area contributed by atoms with Gasteiger partial charge in [-0.05, 0) is 12.3 Å². The van der Waals surface area contributed by atoms with E-state index in [1.807, 2.05) is 0 Å². The third-order valence-electron chi connectivity index (χ3n) is 2.98. The Labute approximate surface area is 101 Å². The molecule has 0 saturated carbocycles. The molecular weight excluding hydrogens is 244 g/mol. The minimum atomic E-state index is -2.79. The standard InChI is InChI=1S/C10H18N2O2S2/c1-7(2)9-5-11-10(15-9)12-8-3-4-16(13,14)6-8/h7-9H,3-6H2,1-2H3,(H,11,12). The zero-order valence-electron chi connectivity index (χ0n) is 9.64. The lowest BCUT2D eigenvalue weighted by Crippen LogP contribution is -2.33. The number of rotatable bonds is 2. The minimum Gasteiger partial charge on any atom is -0.361 e. The van der Waals surface area contributed by atoms with Crippen molar-refractivity contribution in [3.63, 3.8) is 0 Å². The highest BCUT2D eigenvalue weighted by molar-refractivity contribution is 8.14. The lowest BCUT2D eigenvalue weighted by Gasteiger charge is -2.14. The number of aliphatic imine (C=N–C) groups is 1. The number of hydrogen-bond donors (Lipinski definition) is 1. The van der Waals surface area contributed by atoms with Crippen LogP contribution in [-0.4, -0.2) is 42.9 Å². The summed E-state index contributed by atoms with van der Waals surface area (Å²) in [6.07, 6.45) is 0.717. The monoisotopic (exact) mass is 262 g/mol. The van der Waals surface area contributed by atoms with Crippen molar-refractivity contribution >= 4 is 26.8 Å². The number of nitrogens with zero attached hydrogens (tertiary/aromatic N) is 1. The summed E-state index contributed by atoms with van der Waals surface area (Å²) < 4.78 is 22.6. The van der Waals surface area contributed by atoms with Gasteiger partial charge >= 0.3 is 0 Å². The lowest BCUT2D eigenvalue weighted by molar-refractivity contribution is 0.600. The van der Waals surface area contributed by atoms with Crippen LogP contribution in [0.2, 0.25) is 0 Å². The van der Waals surface area contributed by atoms with Crippen LogP contribution in [0.25, 0.3) is 0 Å². The fourth-order valence-corrected chi connectivity index (χ4v) is 4.67. The van der Waals surface area contributed by atoms with Gasteiger partial charge in [-0.25, -0.2) is 8.42 Å². The Morgan fingerprint density at radius 3 is 2.75 bits per heavy atom. The maximum atomic E-state index is 11.3. The molecule has 0 aromatic heterocycles. The molecule has 2 unspecified atom stereocenters. The van der Waals surface area contributed by atoms with E-state index in [1.54, 1.807) is 11.8 Å². The highest BCUT2D eigenvalue weighted by atomic mass is 32.2. The van der Waals surface area contributed by atoms with E-state index in [0.29, 0.717) is 23.3 Å². The highest BCUT2D eigenvalue weighted by Gasteiger charge is 2.30. The lowest BCUT2D eigenvalue weighted by atomic mass is 10.1. The fraction of sp³-hybridized carbons (Fsp3) is 0.900. The van der Waals surface area contributed by atoms with Crippen molar-refractivity contribution in [2.24, 2.45) is 10.9 Å². The minimum absolute atomic E-state index is 0.0714. The third kappa shape index (κ3) is 2.91. The molecule has 0 aromatic rings. The molecule has 0 spiro atoms. The van der Waals surface area contributed by atoms with E-state index >= 15 is 0 Å². The molecule has 16 heavy (non-hydrogen) atoms. The molecule has 2 rings (SSSR count). The fourth-order valence-electron chi connectivity index (χ4n) is 1.90. The van der Waals surface area contributed by atoms with E-state index < -0.39 is 9.84 Å². The molecule has 2 aliphatic rings. The first kappa shape index (κ1) is 12.2. The zero-order chi connectivity index (χ0) is 11.8. The van der Waals surface area contributed by atoms with Gasteiger partial charge in [0.05, 0.1) is 18.1 Å². The van der Waals surface area contributed by atoms with Gasteiger partial charge in [-0.3, -0.25) is 4.99 Å². The molecule has 0 bridgehead atoms. The van der Waals surface area contributed by atoms with Crippen LogP contribution < -0.4 is 5.32 Å². The van der Waals surface area contributed by atoms with Crippen LogP contribution in [0.3, 0.4) is 0 Å². The molecule has 0 amide bonds. The Balaban J connectivity index is 1.84. The van der Waals surface area contributed by atoms with Crippen molar-refractivity contribution in [3.8, 4) is 0 Å². The van der Waals surface area contributed by atoms with Crippen LogP contribution in [0.5, 0.6) is 0 Å². The van der Waals surface area contributed by atoms with Gasteiger partial charge in [0.25, 0.3) is 0 Å². The number of amidine groups is 1. The van der Waals surface area contributed by atoms with Gasteiger partial charge in [0.15, 0.2) is 15.0 Å². The first-order valence-corrected chi connectivity index (χ1v) is 8.34. The third-order valence-corrected chi connectivity index (χ3v) is 6.22. The number of sulfone groups is 1. The van der Waals surface area contributed by atoms with Gasteiger partial charge in [-0.1, -0.05) is 25.6 Å². The van der Waals surface area contributed by atoms with Gasteiger partial charge in [0.1, 0.15) is 0 Å². The normalized spacial score (nSPS) is 33.1. The number of hydrogen-bond acceptors (Lipinski definition) is 5. The van der Waals surface area contributed by atoms with Crippen LogP contribution in [0.4, 0.5) is 0 Å². The summed E-state index contributed by atoms with van der Waals surface area (Å²) in [5.74, 6) is 1.19. The van der Waals surface area contributed by atoms with Crippen molar-refractivity contribution in [1.29, 1.82) is 0 Å². The first-order valence-electron chi connectivity index (χ1n) is 5.64. The quantitative estimate of drug-likeness (QED) is 0.803. The zero-order valence-corrected chi connectivity index (χ0v) is 11.3. The second-order valence-electron chi connectivity index (χ2n) is 4.79. The predicted molar refractivity (Wildman–Crippen MR) is 68.7 cm³/mol. The molecule has 1 N–H and O–H groups in total. The van der Waals surface area contributed by atoms with Gasteiger partial charge in [-0.15, -0.1) is 0 Å². The maximum Gasteiger partial charge on any atom is 0.157 e. The molecule has 1 fully saturated rings. The van der Waals surface area contributed by atoms with E-state index in [0.717, 1.165) is 11.7 Å². The SMILES string of the molecule is CC(C)C1CN=C(NC2CCS(=O)(=O)C2)S1. The summed E-state index contributed by atoms with van der Waals surface area (Å²) in [5.41, 5.74) is 0. The van der Waals surface area contributed by atoms with Crippen LogP contribution >= 0.6 is 11.8 Å². The van der Waals surface area contributed by atoms with Gasteiger partial charge in [0, 0.05) is 11.3 Å². The molecule has 1 saturated heterocycles. The molecule has 2 atom stereocenters. The van der Waals surface area contributed by atoms with E-state index in [4.69, 9.17) is 0 Å². The topological polar surface area (TPSA) is 58.5 Å². The van der Waals surface area contributed by atoms with Crippen LogP contribution in [-0.2, 0) is 9.84 Å². The molecular formula is C10H18N2O2S2. The summed E-state index contributed by atoms with van der Waals surface area (Å²) in [6.45, 7) is 5.23. The van der Waals surface area contributed by atoms with Crippen molar-refractivity contribution in [1.82, 2.24) is 5.32 Å². The maximum absolute atomic E-state index is 11.3. The second kappa shape index (κ2) is 4.56. The number of nitrogens with one attached hydrogen (secondary N) is 1. The smallest absolute Gasteiger partial charge is 0.157 e. The highest BCUT2D eigenvalue weighted by Crippen LogP contribution is 2.26. The van der Waals surface area contributed by atoms with Gasteiger partial charge in [-0.2, -0.15) is 0 Å². The summed E-state index contributed by atoms with van der Waals surface area (Å²) in [7, 11) is -2.79. The van der Waals surface area contributed by atoms with Crippen LogP contribution in [0, 0.1) is 5.92 Å². The molecule has 0 aromatic carbocycles. The van der Waals surface area contributed by atoms with Crippen LogP contribution in [0.1, 0.15) is 20.3 Å². The van der Waals surface area contributed by atoms with Crippen molar-refractivity contribution in [2.45, 2.75) is 31.6 Å². The Kier molecular flexibility index (Phi) is 3.49. The second-order valence-corrected chi connectivity index (χ2v) is 8.25. The molecule has 0 aliphatic carbocycles. The van der Waals surface area contributed by atoms with Crippen LogP contribution in [0.15, 0.2) is 4.99 Å². The van der Waals surface area contributed by atoms with E-state index in [-0.39, 0.29) is 11.8 Å². The Morgan fingerprint density at radius 1 is 1.50 bits per heavy atom. The number of thioether (sulfide) groups is 1. The summed E-state index contributed by atoms with van der Waals surface area (Å²) in [5, 5.41) is 4.73. The van der Waals surface area contributed by atoms with E-state index in [2.05, 4.69) is 24.2 Å². The molecule has 2 aliphatic heterocycles. The molecule has 2 heterocycles. The summed E-state index contributed by atoms with van der Waals surface area (Å²) in [4.78, 5) is 4.42. The van der Waals surface area contributed by atoms with Crippen molar-refractivity contribution in [3.05, 3.63) is 0 Å². The van der Waals surface area contributed by atoms with Crippen molar-refractivity contribution < 1.29 is 8.42 Å². The Hall–Kier alpha value is -0.230. The molecule has 6 heteroatoms. The summed E-state index contributed by atoms with van der Waals surface area (Å²) >= 11 is 1.75. The predicted octanol–water partition coefficient (Wildman–Crippen LogP) is 0.891. The first-order chi connectivity index (χ1) is 7.46.